The summed E-state index contributed by atoms with van der Waals surface area (Å²) in [6.45, 7) is 2.50. The fraction of sp³-hybridized carbons (Fsp3) is 0.591. The van der Waals surface area contributed by atoms with Crippen molar-refractivity contribution in [1.82, 2.24) is 15.0 Å². The molecule has 1 aliphatic carbocycles. The van der Waals surface area contributed by atoms with Gasteiger partial charge in [-0.25, -0.2) is 9.18 Å². The van der Waals surface area contributed by atoms with Gasteiger partial charge < -0.3 is 19.5 Å². The lowest BCUT2D eigenvalue weighted by molar-refractivity contribution is 0.102. The Labute approximate surface area is 176 Å². The smallest absolute Gasteiger partial charge is 0.321 e. The van der Waals surface area contributed by atoms with Gasteiger partial charge in [-0.15, -0.1) is 0 Å². The number of aromatic nitrogens is 2. The summed E-state index contributed by atoms with van der Waals surface area (Å²) in [6.07, 6.45) is 7.52. The molecule has 1 N–H and O–H groups in total. The first kappa shape index (κ1) is 20.8. The summed E-state index contributed by atoms with van der Waals surface area (Å²) in [5, 5.41) is 6.72. The van der Waals surface area contributed by atoms with Crippen LogP contribution in [0.5, 0.6) is 0 Å². The van der Waals surface area contributed by atoms with Crippen molar-refractivity contribution in [3.8, 4) is 0 Å². The van der Waals surface area contributed by atoms with Crippen molar-refractivity contribution in [2.24, 2.45) is 5.92 Å². The fourth-order valence-corrected chi connectivity index (χ4v) is 4.25. The van der Waals surface area contributed by atoms with Gasteiger partial charge in [-0.1, -0.05) is 30.1 Å². The third-order valence-corrected chi connectivity index (χ3v) is 5.96. The molecule has 1 saturated heterocycles. The van der Waals surface area contributed by atoms with Gasteiger partial charge in [0.2, 0.25) is 5.89 Å². The lowest BCUT2D eigenvalue weighted by Gasteiger charge is -2.31. The van der Waals surface area contributed by atoms with Crippen LogP contribution in [0, 0.1) is 11.7 Å². The molecule has 1 saturated carbocycles. The van der Waals surface area contributed by atoms with E-state index in [1.807, 2.05) is 0 Å². The average Bonchev–Trinajstić information content (AvgIpc) is 3.45. The van der Waals surface area contributed by atoms with E-state index in [1.54, 1.807) is 23.1 Å². The summed E-state index contributed by atoms with van der Waals surface area (Å²) in [5.41, 5.74) is 0.183. The van der Waals surface area contributed by atoms with Crippen LogP contribution in [0.3, 0.4) is 0 Å². The first-order valence-corrected chi connectivity index (χ1v) is 10.9. The van der Waals surface area contributed by atoms with Crippen LogP contribution in [0.15, 0.2) is 28.8 Å². The second-order valence-corrected chi connectivity index (χ2v) is 8.22. The van der Waals surface area contributed by atoms with Gasteiger partial charge in [-0.05, 0) is 43.7 Å². The van der Waals surface area contributed by atoms with E-state index >= 15 is 0 Å². The Bertz CT molecular complexity index is 837. The van der Waals surface area contributed by atoms with Crippen LogP contribution in [-0.4, -0.2) is 47.4 Å². The summed E-state index contributed by atoms with van der Waals surface area (Å²) in [7, 11) is 0. The molecule has 1 aromatic heterocycles. The second-order valence-electron chi connectivity index (χ2n) is 8.22. The molecule has 1 aliphatic heterocycles. The van der Waals surface area contributed by atoms with E-state index in [0.29, 0.717) is 43.8 Å². The van der Waals surface area contributed by atoms with E-state index in [1.165, 1.54) is 31.7 Å². The number of rotatable bonds is 7. The number of anilines is 1. The fourth-order valence-electron chi connectivity index (χ4n) is 4.25. The number of urea groups is 1. The van der Waals surface area contributed by atoms with Gasteiger partial charge in [-0.3, -0.25) is 0 Å². The van der Waals surface area contributed by atoms with Crippen LogP contribution in [-0.2, 0) is 11.2 Å². The number of para-hydroxylation sites is 1. The molecule has 4 rings (SSSR count). The van der Waals surface area contributed by atoms with Crippen molar-refractivity contribution in [2.45, 2.75) is 50.9 Å². The van der Waals surface area contributed by atoms with E-state index < -0.39 is 5.82 Å². The lowest BCUT2D eigenvalue weighted by Crippen LogP contribution is -2.41. The number of hydrogen-bond acceptors (Lipinski definition) is 5. The SMILES string of the molecule is O=C(Nc1ccccc1F)N1CCCC(c2nc(CCOCC3CCCC3)no2)C1. The zero-order chi connectivity index (χ0) is 20.8. The Morgan fingerprint density at radius 2 is 2.07 bits per heavy atom. The highest BCUT2D eigenvalue weighted by atomic mass is 19.1. The first-order chi connectivity index (χ1) is 14.7. The summed E-state index contributed by atoms with van der Waals surface area (Å²) in [6, 6.07) is 5.84. The minimum atomic E-state index is -0.448. The average molecular weight is 416 g/mol. The zero-order valence-corrected chi connectivity index (χ0v) is 17.2. The van der Waals surface area contributed by atoms with E-state index in [4.69, 9.17) is 9.26 Å². The van der Waals surface area contributed by atoms with Crippen LogP contribution in [0.25, 0.3) is 0 Å². The number of piperidine rings is 1. The minimum Gasteiger partial charge on any atom is -0.381 e. The molecule has 8 heteroatoms. The number of halogens is 1. The van der Waals surface area contributed by atoms with Gasteiger partial charge in [0.25, 0.3) is 0 Å². The van der Waals surface area contributed by atoms with E-state index in [9.17, 15) is 9.18 Å². The maximum absolute atomic E-state index is 13.8. The Morgan fingerprint density at radius 3 is 2.90 bits per heavy atom. The van der Waals surface area contributed by atoms with Gasteiger partial charge in [0.1, 0.15) is 5.82 Å². The summed E-state index contributed by atoms with van der Waals surface area (Å²) in [5.74, 6) is 1.45. The largest absolute Gasteiger partial charge is 0.381 e. The van der Waals surface area contributed by atoms with Crippen molar-refractivity contribution in [1.29, 1.82) is 0 Å². The summed E-state index contributed by atoms with van der Waals surface area (Å²) < 4.78 is 25.0. The van der Waals surface area contributed by atoms with Crippen LogP contribution in [0.2, 0.25) is 0 Å². The molecule has 1 atom stereocenters. The molecule has 2 amide bonds. The van der Waals surface area contributed by atoms with Crippen molar-refractivity contribution in [3.05, 3.63) is 41.8 Å². The van der Waals surface area contributed by atoms with Crippen molar-refractivity contribution >= 4 is 11.7 Å². The van der Waals surface area contributed by atoms with Gasteiger partial charge in [-0.2, -0.15) is 4.98 Å². The number of carbonyl (C=O) groups excluding carboxylic acids is 1. The zero-order valence-electron chi connectivity index (χ0n) is 17.2. The number of ether oxygens (including phenoxy) is 1. The number of nitrogens with zero attached hydrogens (tertiary/aromatic N) is 3. The van der Waals surface area contributed by atoms with Crippen LogP contribution in [0.1, 0.15) is 56.2 Å². The topological polar surface area (TPSA) is 80.5 Å². The van der Waals surface area contributed by atoms with Crippen molar-refractivity contribution < 1.29 is 18.4 Å². The van der Waals surface area contributed by atoms with Crippen molar-refractivity contribution in [3.63, 3.8) is 0 Å². The molecule has 162 valence electrons. The quantitative estimate of drug-likeness (QED) is 0.678. The van der Waals surface area contributed by atoms with E-state index in [2.05, 4.69) is 15.5 Å². The molecule has 2 fully saturated rings. The standard InChI is InChI=1S/C22H29FN4O3/c23-18-9-3-4-10-19(18)24-22(28)27-12-5-8-17(14-27)21-25-20(26-30-21)11-13-29-15-16-6-1-2-7-16/h3-4,9-10,16-17H,1-2,5-8,11-15H2,(H,24,28). The van der Waals surface area contributed by atoms with Crippen LogP contribution >= 0.6 is 0 Å². The minimum absolute atomic E-state index is 0.00854. The molecule has 2 aliphatic rings. The number of hydrogen-bond donors (Lipinski definition) is 1. The van der Waals surface area contributed by atoms with Gasteiger partial charge >= 0.3 is 6.03 Å². The number of carbonyl (C=O) groups is 1. The van der Waals surface area contributed by atoms with Gasteiger partial charge in [0.15, 0.2) is 5.82 Å². The molecule has 0 radical (unpaired) electrons. The highest BCUT2D eigenvalue weighted by Crippen LogP contribution is 2.27. The normalized spacial score (nSPS) is 19.9. The maximum atomic E-state index is 13.8. The molecule has 30 heavy (non-hydrogen) atoms. The first-order valence-electron chi connectivity index (χ1n) is 10.9. The second kappa shape index (κ2) is 10.0. The highest BCUT2D eigenvalue weighted by Gasteiger charge is 2.29. The van der Waals surface area contributed by atoms with Crippen LogP contribution in [0.4, 0.5) is 14.9 Å². The molecule has 2 aromatic rings. The third kappa shape index (κ3) is 5.36. The molecule has 1 unspecified atom stereocenters. The summed E-state index contributed by atoms with van der Waals surface area (Å²) in [4.78, 5) is 18.7. The molecule has 7 nitrogen and oxygen atoms in total. The number of nitrogens with one attached hydrogen (secondary N) is 1. The predicted octanol–water partition coefficient (Wildman–Crippen LogP) is 4.37. The van der Waals surface area contributed by atoms with Crippen LogP contribution < -0.4 is 5.32 Å². The molecule has 2 heterocycles. The number of benzene rings is 1. The third-order valence-electron chi connectivity index (χ3n) is 5.96. The molecule has 1 aromatic carbocycles. The number of amides is 2. The number of likely N-dealkylation sites (tertiary alicyclic amines) is 1. The Morgan fingerprint density at radius 1 is 1.23 bits per heavy atom. The Kier molecular flexibility index (Phi) is 6.94. The summed E-state index contributed by atoms with van der Waals surface area (Å²) >= 11 is 0. The van der Waals surface area contributed by atoms with E-state index in [0.717, 1.165) is 19.4 Å². The van der Waals surface area contributed by atoms with E-state index in [-0.39, 0.29) is 17.6 Å². The Hall–Kier alpha value is -2.48. The lowest BCUT2D eigenvalue weighted by atomic mass is 9.98. The van der Waals surface area contributed by atoms with Gasteiger partial charge in [0.05, 0.1) is 18.2 Å². The predicted molar refractivity (Wildman–Crippen MR) is 110 cm³/mol. The molecule has 0 spiro atoms. The molecular formula is C22H29FN4O3. The maximum Gasteiger partial charge on any atom is 0.321 e. The van der Waals surface area contributed by atoms with Crippen molar-refractivity contribution in [2.75, 3.05) is 31.6 Å². The Balaban J connectivity index is 1.26. The highest BCUT2D eigenvalue weighted by molar-refractivity contribution is 5.89. The van der Waals surface area contributed by atoms with Gasteiger partial charge in [0, 0.05) is 26.1 Å². The molecule has 0 bridgehead atoms. The monoisotopic (exact) mass is 416 g/mol. The molecular weight excluding hydrogens is 387 g/mol.